The largest absolute Gasteiger partial charge is 0.378 e. The van der Waals surface area contributed by atoms with Gasteiger partial charge in [0.2, 0.25) is 5.95 Å². The Morgan fingerprint density at radius 3 is 2.83 bits per heavy atom. The molecule has 1 saturated heterocycles. The second-order valence-electron chi connectivity index (χ2n) is 9.21. The average Bonchev–Trinajstić information content (AvgIpc) is 3.29. The van der Waals surface area contributed by atoms with E-state index in [4.69, 9.17) is 10.1 Å². The highest BCUT2D eigenvalue weighted by Crippen LogP contribution is 2.20. The zero-order valence-corrected chi connectivity index (χ0v) is 20.7. The molecule has 2 aromatic heterocycles. The summed E-state index contributed by atoms with van der Waals surface area (Å²) >= 11 is 0. The van der Waals surface area contributed by atoms with Crippen LogP contribution < -0.4 is 15.5 Å². The van der Waals surface area contributed by atoms with Gasteiger partial charge in [-0.3, -0.25) is 4.68 Å². The number of benzene rings is 1. The summed E-state index contributed by atoms with van der Waals surface area (Å²) < 4.78 is 7.40. The number of anilines is 4. The molecule has 0 amide bonds. The third-order valence-corrected chi connectivity index (χ3v) is 5.78. The highest BCUT2D eigenvalue weighted by Gasteiger charge is 2.12. The van der Waals surface area contributed by atoms with E-state index in [0.29, 0.717) is 29.8 Å². The lowest BCUT2D eigenvalue weighted by Crippen LogP contribution is -2.36. The SMILES string of the molecule is CC(CN(C)C)Cn1cc(Nc2ncc(C=N)c(NCc3cccc(N4CCOCC4)c3)n2)cn1. The van der Waals surface area contributed by atoms with Crippen LogP contribution in [-0.2, 0) is 17.8 Å². The number of hydrogen-bond donors (Lipinski definition) is 3. The Kier molecular flexibility index (Phi) is 8.27. The third kappa shape index (κ3) is 7.00. The fraction of sp³-hybridized carbons (Fsp3) is 0.440. The molecule has 0 bridgehead atoms. The van der Waals surface area contributed by atoms with Crippen molar-refractivity contribution in [2.24, 2.45) is 5.92 Å². The number of ether oxygens (including phenoxy) is 1. The van der Waals surface area contributed by atoms with Crippen LogP contribution in [0.3, 0.4) is 0 Å². The third-order valence-electron chi connectivity index (χ3n) is 5.78. The molecule has 4 rings (SSSR count). The van der Waals surface area contributed by atoms with E-state index >= 15 is 0 Å². The van der Waals surface area contributed by atoms with Crippen LogP contribution in [0, 0.1) is 11.3 Å². The highest BCUT2D eigenvalue weighted by molar-refractivity contribution is 5.84. The van der Waals surface area contributed by atoms with Gasteiger partial charge in [0.15, 0.2) is 0 Å². The minimum Gasteiger partial charge on any atom is -0.378 e. The van der Waals surface area contributed by atoms with Gasteiger partial charge in [-0.05, 0) is 37.7 Å². The number of hydrogen-bond acceptors (Lipinski definition) is 9. The van der Waals surface area contributed by atoms with E-state index in [-0.39, 0.29) is 0 Å². The molecule has 1 aromatic carbocycles. The molecule has 186 valence electrons. The summed E-state index contributed by atoms with van der Waals surface area (Å²) in [6.07, 6.45) is 6.66. The maximum Gasteiger partial charge on any atom is 0.229 e. The second kappa shape index (κ2) is 11.8. The van der Waals surface area contributed by atoms with Gasteiger partial charge in [-0.1, -0.05) is 19.1 Å². The van der Waals surface area contributed by atoms with Crippen molar-refractivity contribution in [2.75, 3.05) is 62.5 Å². The first-order valence-corrected chi connectivity index (χ1v) is 12.0. The molecule has 0 saturated carbocycles. The molecule has 3 N–H and O–H groups in total. The van der Waals surface area contributed by atoms with Crippen LogP contribution in [0.1, 0.15) is 18.1 Å². The highest BCUT2D eigenvalue weighted by atomic mass is 16.5. The summed E-state index contributed by atoms with van der Waals surface area (Å²) in [7, 11) is 4.16. The molecule has 10 nitrogen and oxygen atoms in total. The summed E-state index contributed by atoms with van der Waals surface area (Å²) in [6.45, 7) is 7.97. The number of rotatable bonds is 11. The number of aromatic nitrogens is 4. The number of morpholine rings is 1. The topological polar surface area (TPSA) is 107 Å². The van der Waals surface area contributed by atoms with E-state index in [1.807, 2.05) is 10.9 Å². The van der Waals surface area contributed by atoms with Gasteiger partial charge in [-0.2, -0.15) is 10.1 Å². The molecule has 0 spiro atoms. The van der Waals surface area contributed by atoms with Crippen molar-refractivity contribution >= 4 is 29.4 Å². The predicted molar refractivity (Wildman–Crippen MR) is 140 cm³/mol. The van der Waals surface area contributed by atoms with Crippen molar-refractivity contribution in [2.45, 2.75) is 20.0 Å². The fourth-order valence-electron chi connectivity index (χ4n) is 4.23. The molecule has 0 aliphatic carbocycles. The van der Waals surface area contributed by atoms with Crippen LogP contribution in [0.4, 0.5) is 23.1 Å². The van der Waals surface area contributed by atoms with Crippen LogP contribution in [0.25, 0.3) is 0 Å². The molecule has 3 aromatic rings. The molecule has 1 unspecified atom stereocenters. The van der Waals surface area contributed by atoms with Crippen molar-refractivity contribution in [3.05, 3.63) is 54.0 Å². The Morgan fingerprint density at radius 1 is 1.23 bits per heavy atom. The molecule has 3 heterocycles. The predicted octanol–water partition coefficient (Wildman–Crippen LogP) is 3.06. The maximum absolute atomic E-state index is 7.74. The fourth-order valence-corrected chi connectivity index (χ4v) is 4.23. The normalized spacial score (nSPS) is 14.7. The van der Waals surface area contributed by atoms with E-state index < -0.39 is 0 Å². The van der Waals surface area contributed by atoms with Crippen LogP contribution in [0.15, 0.2) is 42.9 Å². The lowest BCUT2D eigenvalue weighted by atomic mass is 10.1. The van der Waals surface area contributed by atoms with Gasteiger partial charge in [0.25, 0.3) is 0 Å². The van der Waals surface area contributed by atoms with E-state index in [1.165, 1.54) is 11.9 Å². The first-order valence-electron chi connectivity index (χ1n) is 12.0. The summed E-state index contributed by atoms with van der Waals surface area (Å²) in [5.74, 6) is 1.56. The molecular weight excluding hydrogens is 442 g/mol. The molecule has 1 atom stereocenters. The maximum atomic E-state index is 7.74. The average molecular weight is 478 g/mol. The van der Waals surface area contributed by atoms with Crippen molar-refractivity contribution in [3.63, 3.8) is 0 Å². The Balaban J connectivity index is 1.40. The molecule has 0 radical (unpaired) electrons. The van der Waals surface area contributed by atoms with Crippen LogP contribution in [0.5, 0.6) is 0 Å². The van der Waals surface area contributed by atoms with Crippen molar-refractivity contribution in [1.82, 2.24) is 24.6 Å². The van der Waals surface area contributed by atoms with Crippen molar-refractivity contribution < 1.29 is 4.74 Å². The van der Waals surface area contributed by atoms with Gasteiger partial charge in [-0.15, -0.1) is 0 Å². The zero-order valence-electron chi connectivity index (χ0n) is 20.7. The van der Waals surface area contributed by atoms with Gasteiger partial charge in [-0.25, -0.2) is 4.98 Å². The summed E-state index contributed by atoms with van der Waals surface area (Å²) in [5.41, 5.74) is 3.80. The zero-order chi connectivity index (χ0) is 24.6. The van der Waals surface area contributed by atoms with Gasteiger partial charge in [0.05, 0.1) is 30.7 Å². The Bertz CT molecular complexity index is 1110. The van der Waals surface area contributed by atoms with Gasteiger partial charge < -0.3 is 30.6 Å². The summed E-state index contributed by atoms with van der Waals surface area (Å²) in [6, 6.07) is 8.48. The molecule has 35 heavy (non-hydrogen) atoms. The van der Waals surface area contributed by atoms with Gasteiger partial charge in [0, 0.05) is 57.0 Å². The Labute approximate surface area is 206 Å². The lowest BCUT2D eigenvalue weighted by Gasteiger charge is -2.29. The monoisotopic (exact) mass is 477 g/mol. The smallest absolute Gasteiger partial charge is 0.229 e. The lowest BCUT2D eigenvalue weighted by molar-refractivity contribution is 0.122. The van der Waals surface area contributed by atoms with E-state index in [0.717, 1.165) is 50.6 Å². The molecule has 1 aliphatic heterocycles. The standard InChI is InChI=1S/C25H35N9O/c1-19(16-32(2)3)17-34-18-22(15-29-34)30-25-28-14-21(12-26)24(31-25)27-13-20-5-4-6-23(11-20)33-7-9-35-10-8-33/h4-6,11-12,14-15,18-19,26H,7-10,13,16-17H2,1-3H3,(H2,27,28,30,31). The Hall–Kier alpha value is -3.50. The Morgan fingerprint density at radius 2 is 2.06 bits per heavy atom. The first kappa shape index (κ1) is 24.6. The van der Waals surface area contributed by atoms with Gasteiger partial charge in [0.1, 0.15) is 5.82 Å². The number of nitrogens with zero attached hydrogens (tertiary/aromatic N) is 6. The van der Waals surface area contributed by atoms with Crippen LogP contribution >= 0.6 is 0 Å². The van der Waals surface area contributed by atoms with Gasteiger partial charge >= 0.3 is 0 Å². The molecular formula is C25H35N9O. The summed E-state index contributed by atoms with van der Waals surface area (Å²) in [4.78, 5) is 13.5. The van der Waals surface area contributed by atoms with E-state index in [9.17, 15) is 0 Å². The van der Waals surface area contributed by atoms with E-state index in [2.05, 4.69) is 80.8 Å². The summed E-state index contributed by atoms with van der Waals surface area (Å²) in [5, 5.41) is 18.8. The van der Waals surface area contributed by atoms with Crippen LogP contribution in [0.2, 0.25) is 0 Å². The molecule has 10 heteroatoms. The minimum atomic E-state index is 0.459. The number of nitrogens with one attached hydrogen (secondary N) is 3. The molecule has 1 aliphatic rings. The first-order chi connectivity index (χ1) is 17.0. The minimum absolute atomic E-state index is 0.459. The van der Waals surface area contributed by atoms with E-state index in [1.54, 1.807) is 12.4 Å². The molecule has 1 fully saturated rings. The quantitative estimate of drug-likeness (QED) is 0.362. The van der Waals surface area contributed by atoms with Crippen molar-refractivity contribution in [1.29, 1.82) is 5.41 Å². The second-order valence-corrected chi connectivity index (χ2v) is 9.21. The van der Waals surface area contributed by atoms with Crippen molar-refractivity contribution in [3.8, 4) is 0 Å². The van der Waals surface area contributed by atoms with Crippen LogP contribution in [-0.4, -0.2) is 77.8 Å².